The molecule has 0 aliphatic heterocycles. The van der Waals surface area contributed by atoms with Gasteiger partial charge in [0.2, 0.25) is 0 Å². The number of esters is 1. The minimum Gasteiger partial charge on any atom is -0.466 e. The fourth-order valence-electron chi connectivity index (χ4n) is 1.14. The highest BCUT2D eigenvalue weighted by Crippen LogP contribution is 2.39. The number of halogens is 4. The molecule has 0 saturated carbocycles. The third kappa shape index (κ3) is 3.14. The van der Waals surface area contributed by atoms with Gasteiger partial charge >= 0.3 is 17.2 Å². The van der Waals surface area contributed by atoms with E-state index in [-0.39, 0.29) is 0 Å². The van der Waals surface area contributed by atoms with Crippen molar-refractivity contribution in [2.75, 3.05) is 7.11 Å². The molecule has 0 amide bonds. The topological polar surface area (TPSA) is 35.5 Å². The summed E-state index contributed by atoms with van der Waals surface area (Å²) in [6, 6.07) is 8.04. The van der Waals surface area contributed by atoms with Crippen LogP contribution in [0.5, 0.6) is 0 Å². The van der Waals surface area contributed by atoms with E-state index < -0.39 is 23.8 Å². The highest BCUT2D eigenvalue weighted by atomic mass is 35.5. The van der Waals surface area contributed by atoms with Crippen LogP contribution in [-0.2, 0) is 20.9 Å². The van der Waals surface area contributed by atoms with Crippen LogP contribution in [0.15, 0.2) is 30.3 Å². The fourth-order valence-corrected chi connectivity index (χ4v) is 1.28. The van der Waals surface area contributed by atoms with Crippen molar-refractivity contribution < 1.29 is 27.4 Å². The Bertz CT molecular complexity index is 408. The number of benzene rings is 1. The number of rotatable bonds is 4. The highest BCUT2D eigenvalue weighted by Gasteiger charge is 2.62. The summed E-state index contributed by atoms with van der Waals surface area (Å²) in [5, 5.41) is -3.49. The molecule has 0 N–H and O–H groups in total. The number of methoxy groups -OCH3 is 1. The van der Waals surface area contributed by atoms with Crippen molar-refractivity contribution >= 4 is 17.6 Å². The molecule has 0 radical (unpaired) electrons. The van der Waals surface area contributed by atoms with Gasteiger partial charge in [-0.3, -0.25) is 0 Å². The van der Waals surface area contributed by atoms with Crippen molar-refractivity contribution in [1.82, 2.24) is 0 Å². The summed E-state index contributed by atoms with van der Waals surface area (Å²) in [6.45, 7) is -0.459. The van der Waals surface area contributed by atoms with E-state index in [0.29, 0.717) is 5.56 Å². The molecule has 0 aliphatic rings. The number of hydrogen-bond acceptors (Lipinski definition) is 3. The molecule has 0 aliphatic carbocycles. The van der Waals surface area contributed by atoms with Crippen LogP contribution >= 0.6 is 11.6 Å². The van der Waals surface area contributed by atoms with E-state index in [1.807, 2.05) is 0 Å². The van der Waals surface area contributed by atoms with E-state index in [1.54, 1.807) is 30.3 Å². The zero-order valence-electron chi connectivity index (χ0n) is 9.33. The lowest BCUT2D eigenvalue weighted by molar-refractivity contribution is -0.248. The van der Waals surface area contributed by atoms with Crippen LogP contribution in [0.3, 0.4) is 0 Å². The number of alkyl halides is 4. The van der Waals surface area contributed by atoms with Crippen LogP contribution < -0.4 is 0 Å². The van der Waals surface area contributed by atoms with E-state index >= 15 is 0 Å². The summed E-state index contributed by atoms with van der Waals surface area (Å²) in [5.41, 5.74) is 0.454. The lowest BCUT2D eigenvalue weighted by Gasteiger charge is -2.26. The smallest absolute Gasteiger partial charge is 0.443 e. The molecule has 0 bridgehead atoms. The standard InChI is InChI=1S/C11H10ClF3O3/c1-17-9(16)10(12,11(13,14)15)18-7-8-5-3-2-4-6-8/h2-6H,7H2,1H3/t10-/m1/s1. The molecule has 0 spiro atoms. The van der Waals surface area contributed by atoms with Crippen molar-refractivity contribution in [3.63, 3.8) is 0 Å². The molecule has 1 atom stereocenters. The molecule has 7 heteroatoms. The number of ether oxygens (including phenoxy) is 2. The van der Waals surface area contributed by atoms with Gasteiger partial charge in [-0.2, -0.15) is 13.2 Å². The molecule has 100 valence electrons. The van der Waals surface area contributed by atoms with E-state index in [9.17, 15) is 18.0 Å². The van der Waals surface area contributed by atoms with Crippen molar-refractivity contribution in [3.8, 4) is 0 Å². The van der Waals surface area contributed by atoms with E-state index in [1.165, 1.54) is 0 Å². The Morgan fingerprint density at radius 3 is 2.28 bits per heavy atom. The first-order valence-corrected chi connectivity index (χ1v) is 5.21. The van der Waals surface area contributed by atoms with Gasteiger partial charge in [0.05, 0.1) is 13.7 Å². The zero-order valence-corrected chi connectivity index (χ0v) is 10.1. The van der Waals surface area contributed by atoms with Crippen LogP contribution in [0.2, 0.25) is 0 Å². The summed E-state index contributed by atoms with van der Waals surface area (Å²) in [5.74, 6) is -1.70. The van der Waals surface area contributed by atoms with Gasteiger partial charge in [-0.25, -0.2) is 4.79 Å². The molecule has 1 rings (SSSR count). The second kappa shape index (κ2) is 5.58. The van der Waals surface area contributed by atoms with Gasteiger partial charge in [0, 0.05) is 0 Å². The molecule has 0 fully saturated rings. The van der Waals surface area contributed by atoms with Gasteiger partial charge in [0.25, 0.3) is 0 Å². The van der Waals surface area contributed by atoms with Gasteiger partial charge < -0.3 is 9.47 Å². The quantitative estimate of drug-likeness (QED) is 0.629. The Labute approximate surface area is 106 Å². The Kier molecular flexibility index (Phi) is 4.59. The highest BCUT2D eigenvalue weighted by molar-refractivity contribution is 6.33. The third-order valence-corrected chi connectivity index (χ3v) is 2.57. The van der Waals surface area contributed by atoms with Crippen molar-refractivity contribution in [3.05, 3.63) is 35.9 Å². The van der Waals surface area contributed by atoms with Gasteiger partial charge in [0.15, 0.2) is 0 Å². The summed E-state index contributed by atoms with van der Waals surface area (Å²) in [4.78, 5) is 11.1. The minimum atomic E-state index is -5.07. The third-order valence-electron chi connectivity index (χ3n) is 2.09. The SMILES string of the molecule is COC(=O)[C@@](Cl)(OCc1ccccc1)C(F)(F)F. The zero-order chi connectivity index (χ0) is 13.8. The molecule has 0 heterocycles. The summed E-state index contributed by atoms with van der Waals surface area (Å²) in [7, 11) is 0.803. The first kappa shape index (κ1) is 14.8. The van der Waals surface area contributed by atoms with Crippen molar-refractivity contribution in [1.29, 1.82) is 0 Å². The molecule has 0 aromatic heterocycles. The molecule has 3 nitrogen and oxygen atoms in total. The average Bonchev–Trinajstić information content (AvgIpc) is 2.34. The second-order valence-electron chi connectivity index (χ2n) is 3.36. The Hall–Kier alpha value is -1.27. The number of carbonyl (C=O) groups excluding carboxylic acids is 1. The van der Waals surface area contributed by atoms with Crippen LogP contribution in [-0.4, -0.2) is 24.3 Å². The van der Waals surface area contributed by atoms with Gasteiger partial charge in [0.1, 0.15) is 0 Å². The largest absolute Gasteiger partial charge is 0.466 e. The first-order valence-electron chi connectivity index (χ1n) is 4.83. The average molecular weight is 283 g/mol. The normalized spacial score (nSPS) is 14.9. The summed E-state index contributed by atoms with van der Waals surface area (Å²) < 4.78 is 46.6. The number of hydrogen-bond donors (Lipinski definition) is 0. The Morgan fingerprint density at radius 1 is 1.28 bits per heavy atom. The fraction of sp³-hybridized carbons (Fsp3) is 0.364. The monoisotopic (exact) mass is 282 g/mol. The lowest BCUT2D eigenvalue weighted by Crippen LogP contribution is -2.50. The molecule has 1 aromatic rings. The van der Waals surface area contributed by atoms with Gasteiger partial charge in [-0.15, -0.1) is 0 Å². The molecule has 18 heavy (non-hydrogen) atoms. The minimum absolute atomic E-state index is 0.454. The predicted octanol–water partition coefficient (Wildman–Crippen LogP) is 2.87. The molecule has 0 saturated heterocycles. The van der Waals surface area contributed by atoms with Crippen molar-refractivity contribution in [2.45, 2.75) is 17.8 Å². The van der Waals surface area contributed by atoms with Gasteiger partial charge in [-0.1, -0.05) is 41.9 Å². The molecular formula is C11H10ClF3O3. The first-order chi connectivity index (χ1) is 8.31. The maximum atomic E-state index is 12.7. The van der Waals surface area contributed by atoms with Crippen LogP contribution in [0.4, 0.5) is 13.2 Å². The summed E-state index contributed by atoms with van der Waals surface area (Å²) >= 11 is 5.19. The maximum absolute atomic E-state index is 12.7. The van der Waals surface area contributed by atoms with Crippen molar-refractivity contribution in [2.24, 2.45) is 0 Å². The number of carbonyl (C=O) groups is 1. The summed E-state index contributed by atoms with van der Waals surface area (Å²) in [6.07, 6.45) is -5.07. The van der Waals surface area contributed by atoms with Crippen LogP contribution in [0, 0.1) is 0 Å². The maximum Gasteiger partial charge on any atom is 0.443 e. The second-order valence-corrected chi connectivity index (χ2v) is 3.89. The van der Waals surface area contributed by atoms with E-state index in [4.69, 9.17) is 11.6 Å². The molecule has 1 aromatic carbocycles. The van der Waals surface area contributed by atoms with E-state index in [0.717, 1.165) is 7.11 Å². The van der Waals surface area contributed by atoms with Crippen LogP contribution in [0.1, 0.15) is 5.56 Å². The Balaban J connectivity index is 2.84. The van der Waals surface area contributed by atoms with E-state index in [2.05, 4.69) is 9.47 Å². The molecule has 0 unspecified atom stereocenters. The van der Waals surface area contributed by atoms with Crippen LogP contribution in [0.25, 0.3) is 0 Å². The predicted molar refractivity (Wildman–Crippen MR) is 57.9 cm³/mol. The Morgan fingerprint density at radius 2 is 1.83 bits per heavy atom. The van der Waals surface area contributed by atoms with Gasteiger partial charge in [-0.05, 0) is 5.56 Å². The lowest BCUT2D eigenvalue weighted by atomic mass is 10.2. The molecular weight excluding hydrogens is 273 g/mol.